The van der Waals surface area contributed by atoms with Gasteiger partial charge in [-0.25, -0.2) is 4.39 Å². The van der Waals surface area contributed by atoms with Crippen molar-refractivity contribution in [3.8, 4) is 0 Å². The Balaban J connectivity index is 1.76. The third-order valence-corrected chi connectivity index (χ3v) is 3.75. The van der Waals surface area contributed by atoms with Gasteiger partial charge in [-0.05, 0) is 42.9 Å². The van der Waals surface area contributed by atoms with Gasteiger partial charge in [0, 0.05) is 19.6 Å². The van der Waals surface area contributed by atoms with Gasteiger partial charge in [-0.3, -0.25) is 9.59 Å². The lowest BCUT2D eigenvalue weighted by Crippen LogP contribution is -2.47. The highest BCUT2D eigenvalue weighted by molar-refractivity contribution is 6.35. The zero-order chi connectivity index (χ0) is 15.2. The van der Waals surface area contributed by atoms with E-state index < -0.39 is 11.8 Å². The van der Waals surface area contributed by atoms with Crippen molar-refractivity contribution >= 4 is 11.8 Å². The molecule has 0 spiro atoms. The van der Waals surface area contributed by atoms with Crippen LogP contribution in [0.2, 0.25) is 0 Å². The molecule has 1 saturated heterocycles. The molecule has 1 aliphatic rings. The maximum Gasteiger partial charge on any atom is 0.311 e. The van der Waals surface area contributed by atoms with E-state index >= 15 is 0 Å². The van der Waals surface area contributed by atoms with E-state index in [1.54, 1.807) is 17.0 Å². The molecule has 2 amide bonds. The first-order chi connectivity index (χ1) is 10.1. The summed E-state index contributed by atoms with van der Waals surface area (Å²) >= 11 is 0. The van der Waals surface area contributed by atoms with Crippen molar-refractivity contribution in [3.63, 3.8) is 0 Å². The molecule has 0 aromatic heterocycles. The maximum absolute atomic E-state index is 12.8. The number of hydrogen-bond donors (Lipinski definition) is 1. The minimum Gasteiger partial charge on any atom is -0.347 e. The highest BCUT2D eigenvalue weighted by Gasteiger charge is 2.25. The fraction of sp³-hybridized carbons (Fsp3) is 0.500. The van der Waals surface area contributed by atoms with Crippen molar-refractivity contribution < 1.29 is 14.0 Å². The molecule has 1 aliphatic heterocycles. The summed E-state index contributed by atoms with van der Waals surface area (Å²) in [5, 5.41) is 2.63. The smallest absolute Gasteiger partial charge is 0.311 e. The quantitative estimate of drug-likeness (QED) is 0.863. The molecule has 5 heteroatoms. The van der Waals surface area contributed by atoms with Crippen molar-refractivity contribution in [1.29, 1.82) is 0 Å². The van der Waals surface area contributed by atoms with Crippen LogP contribution < -0.4 is 5.32 Å². The Labute approximate surface area is 124 Å². The van der Waals surface area contributed by atoms with Crippen molar-refractivity contribution in [1.82, 2.24) is 10.2 Å². The van der Waals surface area contributed by atoms with Gasteiger partial charge in [0.1, 0.15) is 5.82 Å². The molecule has 1 fully saturated rings. The molecule has 1 atom stereocenters. The minimum absolute atomic E-state index is 0.280. The summed E-state index contributed by atoms with van der Waals surface area (Å²) in [6.07, 6.45) is 2.64. The van der Waals surface area contributed by atoms with Crippen LogP contribution in [-0.2, 0) is 16.0 Å². The first kappa shape index (κ1) is 15.5. The molecule has 114 valence electrons. The molecular weight excluding hydrogens is 271 g/mol. The van der Waals surface area contributed by atoms with E-state index in [1.165, 1.54) is 12.1 Å². The SMILES string of the molecule is CC1CCCN(C(=O)C(=O)NCCc2ccc(F)cc2)C1. The van der Waals surface area contributed by atoms with E-state index in [1.807, 2.05) is 0 Å². The number of piperidine rings is 1. The van der Waals surface area contributed by atoms with Gasteiger partial charge in [0.25, 0.3) is 0 Å². The number of amides is 2. The van der Waals surface area contributed by atoms with Crippen LogP contribution in [0.25, 0.3) is 0 Å². The van der Waals surface area contributed by atoms with E-state index in [-0.39, 0.29) is 5.82 Å². The summed E-state index contributed by atoms with van der Waals surface area (Å²) in [6, 6.07) is 6.13. The fourth-order valence-electron chi connectivity index (χ4n) is 2.56. The van der Waals surface area contributed by atoms with Crippen LogP contribution in [0.5, 0.6) is 0 Å². The predicted molar refractivity (Wildman–Crippen MR) is 78.1 cm³/mol. The van der Waals surface area contributed by atoms with E-state index in [9.17, 15) is 14.0 Å². The second-order valence-corrected chi connectivity index (χ2v) is 5.63. The van der Waals surface area contributed by atoms with E-state index in [4.69, 9.17) is 0 Å². The highest BCUT2D eigenvalue weighted by atomic mass is 19.1. The molecule has 21 heavy (non-hydrogen) atoms. The van der Waals surface area contributed by atoms with Crippen LogP contribution in [0, 0.1) is 11.7 Å². The monoisotopic (exact) mass is 292 g/mol. The van der Waals surface area contributed by atoms with Crippen LogP contribution in [0.1, 0.15) is 25.3 Å². The highest BCUT2D eigenvalue weighted by Crippen LogP contribution is 2.15. The summed E-state index contributed by atoms with van der Waals surface area (Å²) < 4.78 is 12.8. The third kappa shape index (κ3) is 4.55. The summed E-state index contributed by atoms with van der Waals surface area (Å²) in [5.74, 6) is -0.821. The Morgan fingerprint density at radius 2 is 2.05 bits per heavy atom. The number of hydrogen-bond acceptors (Lipinski definition) is 2. The molecule has 1 unspecified atom stereocenters. The molecule has 0 bridgehead atoms. The first-order valence-electron chi connectivity index (χ1n) is 7.38. The summed E-state index contributed by atoms with van der Waals surface area (Å²) in [5.41, 5.74) is 0.927. The number of halogens is 1. The fourth-order valence-corrected chi connectivity index (χ4v) is 2.56. The van der Waals surface area contributed by atoms with Crippen LogP contribution in [0.4, 0.5) is 4.39 Å². The molecule has 2 rings (SSSR count). The van der Waals surface area contributed by atoms with Crippen molar-refractivity contribution in [3.05, 3.63) is 35.6 Å². The van der Waals surface area contributed by atoms with Crippen LogP contribution >= 0.6 is 0 Å². The van der Waals surface area contributed by atoms with Crippen molar-refractivity contribution in [2.45, 2.75) is 26.2 Å². The number of nitrogens with one attached hydrogen (secondary N) is 1. The molecule has 1 heterocycles. The zero-order valence-electron chi connectivity index (χ0n) is 12.3. The largest absolute Gasteiger partial charge is 0.347 e. The summed E-state index contributed by atoms with van der Waals surface area (Å²) in [6.45, 7) is 3.78. The number of likely N-dealkylation sites (tertiary alicyclic amines) is 1. The van der Waals surface area contributed by atoms with Gasteiger partial charge < -0.3 is 10.2 Å². The summed E-state index contributed by atoms with van der Waals surface area (Å²) in [7, 11) is 0. The molecule has 1 aromatic rings. The standard InChI is InChI=1S/C16H21FN2O2/c1-12-3-2-10-19(11-12)16(21)15(20)18-9-8-13-4-6-14(17)7-5-13/h4-7,12H,2-3,8-11H2,1H3,(H,18,20). The van der Waals surface area contributed by atoms with Gasteiger partial charge in [0.2, 0.25) is 0 Å². The predicted octanol–water partition coefficient (Wildman–Crippen LogP) is 1.74. The molecule has 4 nitrogen and oxygen atoms in total. The lowest BCUT2D eigenvalue weighted by molar-refractivity contribution is -0.146. The molecular formula is C16H21FN2O2. The zero-order valence-corrected chi connectivity index (χ0v) is 12.3. The number of nitrogens with zero attached hydrogens (tertiary/aromatic N) is 1. The second kappa shape index (κ2) is 7.20. The van der Waals surface area contributed by atoms with Gasteiger partial charge in [-0.2, -0.15) is 0 Å². The van der Waals surface area contributed by atoms with E-state index in [2.05, 4.69) is 12.2 Å². The third-order valence-electron chi connectivity index (χ3n) is 3.75. The molecule has 0 radical (unpaired) electrons. The van der Waals surface area contributed by atoms with Crippen LogP contribution in [0.3, 0.4) is 0 Å². The Bertz CT molecular complexity index is 502. The topological polar surface area (TPSA) is 49.4 Å². The van der Waals surface area contributed by atoms with E-state index in [0.717, 1.165) is 18.4 Å². The average Bonchev–Trinajstić information content (AvgIpc) is 2.48. The Morgan fingerprint density at radius 3 is 2.71 bits per heavy atom. The Morgan fingerprint density at radius 1 is 1.33 bits per heavy atom. The Kier molecular flexibility index (Phi) is 5.31. The Hall–Kier alpha value is -1.91. The lowest BCUT2D eigenvalue weighted by Gasteiger charge is -2.30. The molecule has 0 aliphatic carbocycles. The lowest BCUT2D eigenvalue weighted by atomic mass is 10.0. The minimum atomic E-state index is -0.550. The number of rotatable bonds is 3. The van der Waals surface area contributed by atoms with Crippen LogP contribution in [-0.4, -0.2) is 36.3 Å². The summed E-state index contributed by atoms with van der Waals surface area (Å²) in [4.78, 5) is 25.5. The van der Waals surface area contributed by atoms with Gasteiger partial charge in [-0.1, -0.05) is 19.1 Å². The normalized spacial score (nSPS) is 18.4. The number of benzene rings is 1. The van der Waals surface area contributed by atoms with Crippen LogP contribution in [0.15, 0.2) is 24.3 Å². The second-order valence-electron chi connectivity index (χ2n) is 5.63. The van der Waals surface area contributed by atoms with Crippen molar-refractivity contribution in [2.75, 3.05) is 19.6 Å². The number of carbonyl (C=O) groups excluding carboxylic acids is 2. The molecule has 0 saturated carbocycles. The number of carbonyl (C=O) groups is 2. The van der Waals surface area contributed by atoms with Crippen molar-refractivity contribution in [2.24, 2.45) is 5.92 Å². The van der Waals surface area contributed by atoms with Gasteiger partial charge in [-0.15, -0.1) is 0 Å². The van der Waals surface area contributed by atoms with Gasteiger partial charge in [0.05, 0.1) is 0 Å². The molecule has 1 N–H and O–H groups in total. The average molecular weight is 292 g/mol. The first-order valence-corrected chi connectivity index (χ1v) is 7.38. The van der Waals surface area contributed by atoms with Gasteiger partial charge in [0.15, 0.2) is 0 Å². The maximum atomic E-state index is 12.8. The molecule has 1 aromatic carbocycles. The van der Waals surface area contributed by atoms with E-state index in [0.29, 0.717) is 32.0 Å². The van der Waals surface area contributed by atoms with Gasteiger partial charge >= 0.3 is 11.8 Å².